The second-order valence-electron chi connectivity index (χ2n) is 3.32. The van der Waals surface area contributed by atoms with Crippen LogP contribution in [-0.2, 0) is 0 Å². The molecule has 0 radical (unpaired) electrons. The summed E-state index contributed by atoms with van der Waals surface area (Å²) in [6.45, 7) is 0. The SMILES string of the molecule is OB(O)c1ccccc1-c1cnccc1F. The number of rotatable bonds is 2. The Morgan fingerprint density at radius 1 is 1.06 bits per heavy atom. The molecular formula is C11H9BFNO2. The summed E-state index contributed by atoms with van der Waals surface area (Å²) >= 11 is 0. The standard InChI is InChI=1S/C11H9BFNO2/c13-11-5-6-14-7-9(11)8-3-1-2-4-10(8)12(15)16/h1-7,15-16H. The number of halogens is 1. The molecule has 0 saturated heterocycles. The Kier molecular flexibility index (Phi) is 2.98. The summed E-state index contributed by atoms with van der Waals surface area (Å²) in [5.41, 5.74) is 0.948. The van der Waals surface area contributed by atoms with Crippen molar-refractivity contribution in [2.75, 3.05) is 0 Å². The van der Waals surface area contributed by atoms with Crippen LogP contribution in [0, 0.1) is 5.82 Å². The van der Waals surface area contributed by atoms with E-state index >= 15 is 0 Å². The number of hydrogen-bond acceptors (Lipinski definition) is 3. The van der Waals surface area contributed by atoms with Gasteiger partial charge in [0.1, 0.15) is 5.82 Å². The highest BCUT2D eigenvalue weighted by Crippen LogP contribution is 2.19. The molecule has 2 N–H and O–H groups in total. The van der Waals surface area contributed by atoms with Crippen molar-refractivity contribution >= 4 is 12.6 Å². The lowest BCUT2D eigenvalue weighted by molar-refractivity contribution is 0.426. The topological polar surface area (TPSA) is 53.4 Å². The molecule has 80 valence electrons. The maximum Gasteiger partial charge on any atom is 0.489 e. The van der Waals surface area contributed by atoms with Crippen LogP contribution >= 0.6 is 0 Å². The molecule has 0 unspecified atom stereocenters. The fourth-order valence-corrected chi connectivity index (χ4v) is 1.54. The average molecular weight is 217 g/mol. The first-order valence-corrected chi connectivity index (χ1v) is 4.75. The molecule has 0 fully saturated rings. The van der Waals surface area contributed by atoms with Gasteiger partial charge in [0.2, 0.25) is 0 Å². The van der Waals surface area contributed by atoms with Crippen LogP contribution in [-0.4, -0.2) is 22.2 Å². The van der Waals surface area contributed by atoms with Crippen LogP contribution in [0.15, 0.2) is 42.7 Å². The van der Waals surface area contributed by atoms with Crippen molar-refractivity contribution in [2.45, 2.75) is 0 Å². The van der Waals surface area contributed by atoms with E-state index in [-0.39, 0.29) is 11.0 Å². The zero-order valence-electron chi connectivity index (χ0n) is 8.34. The van der Waals surface area contributed by atoms with Gasteiger partial charge in [0, 0.05) is 18.0 Å². The van der Waals surface area contributed by atoms with Crippen LogP contribution in [0.5, 0.6) is 0 Å². The highest BCUT2D eigenvalue weighted by Gasteiger charge is 2.17. The van der Waals surface area contributed by atoms with Crippen molar-refractivity contribution in [1.82, 2.24) is 4.98 Å². The van der Waals surface area contributed by atoms with Crippen molar-refractivity contribution in [1.29, 1.82) is 0 Å². The van der Waals surface area contributed by atoms with E-state index < -0.39 is 12.9 Å². The third kappa shape index (κ3) is 1.96. The van der Waals surface area contributed by atoms with Gasteiger partial charge in [-0.3, -0.25) is 4.98 Å². The summed E-state index contributed by atoms with van der Waals surface area (Å²) in [5, 5.41) is 18.3. The summed E-state index contributed by atoms with van der Waals surface area (Å²) in [6.07, 6.45) is 2.70. The maximum absolute atomic E-state index is 13.5. The highest BCUT2D eigenvalue weighted by atomic mass is 19.1. The van der Waals surface area contributed by atoms with Crippen molar-refractivity contribution < 1.29 is 14.4 Å². The van der Waals surface area contributed by atoms with Crippen LogP contribution in [0.3, 0.4) is 0 Å². The van der Waals surface area contributed by atoms with E-state index in [1.807, 2.05) is 0 Å². The molecule has 0 atom stereocenters. The van der Waals surface area contributed by atoms with Crippen molar-refractivity contribution in [3.05, 3.63) is 48.5 Å². The van der Waals surface area contributed by atoms with Gasteiger partial charge in [0.15, 0.2) is 0 Å². The van der Waals surface area contributed by atoms with Crippen LogP contribution in [0.1, 0.15) is 0 Å². The molecule has 16 heavy (non-hydrogen) atoms. The Morgan fingerprint density at radius 3 is 2.50 bits per heavy atom. The first kappa shape index (κ1) is 10.8. The summed E-state index contributed by atoms with van der Waals surface area (Å²) in [5.74, 6) is -0.442. The number of aromatic nitrogens is 1. The van der Waals surface area contributed by atoms with E-state index in [0.717, 1.165) is 0 Å². The zero-order valence-corrected chi connectivity index (χ0v) is 8.34. The number of hydrogen-bond donors (Lipinski definition) is 2. The average Bonchev–Trinajstić information content (AvgIpc) is 2.29. The minimum atomic E-state index is -1.63. The summed E-state index contributed by atoms with van der Waals surface area (Å²) in [4.78, 5) is 3.82. The van der Waals surface area contributed by atoms with Gasteiger partial charge in [0.05, 0.1) is 0 Å². The molecule has 0 aliphatic carbocycles. The fourth-order valence-electron chi connectivity index (χ4n) is 1.54. The molecular weight excluding hydrogens is 208 g/mol. The zero-order chi connectivity index (χ0) is 11.5. The molecule has 1 heterocycles. The molecule has 2 aromatic rings. The molecule has 1 aromatic heterocycles. The molecule has 0 aliphatic rings. The number of nitrogens with zero attached hydrogens (tertiary/aromatic N) is 1. The van der Waals surface area contributed by atoms with E-state index in [1.54, 1.807) is 18.2 Å². The van der Waals surface area contributed by atoms with Gasteiger partial charge in [-0.1, -0.05) is 24.3 Å². The van der Waals surface area contributed by atoms with Crippen LogP contribution in [0.4, 0.5) is 4.39 Å². The molecule has 1 aromatic carbocycles. The fraction of sp³-hybridized carbons (Fsp3) is 0. The normalized spacial score (nSPS) is 10.2. The lowest BCUT2D eigenvalue weighted by atomic mass is 9.75. The molecule has 5 heteroatoms. The van der Waals surface area contributed by atoms with Gasteiger partial charge >= 0.3 is 7.12 Å². The summed E-state index contributed by atoms with van der Waals surface area (Å²) in [7, 11) is -1.63. The van der Waals surface area contributed by atoms with Crippen LogP contribution < -0.4 is 5.46 Å². The van der Waals surface area contributed by atoms with E-state index in [4.69, 9.17) is 10.0 Å². The number of benzene rings is 1. The maximum atomic E-state index is 13.5. The predicted molar refractivity (Wildman–Crippen MR) is 59.5 cm³/mol. The summed E-state index contributed by atoms with van der Waals surface area (Å²) < 4.78 is 13.5. The van der Waals surface area contributed by atoms with Crippen LogP contribution in [0.2, 0.25) is 0 Å². The van der Waals surface area contributed by atoms with Gasteiger partial charge in [-0.05, 0) is 17.1 Å². The monoisotopic (exact) mass is 217 g/mol. The largest absolute Gasteiger partial charge is 0.489 e. The Balaban J connectivity index is 2.60. The Bertz CT molecular complexity index is 505. The Hall–Kier alpha value is -1.72. The van der Waals surface area contributed by atoms with Gasteiger partial charge in [-0.15, -0.1) is 0 Å². The second kappa shape index (κ2) is 4.43. The first-order chi connectivity index (χ1) is 7.70. The smallest absolute Gasteiger partial charge is 0.423 e. The Morgan fingerprint density at radius 2 is 1.81 bits per heavy atom. The first-order valence-electron chi connectivity index (χ1n) is 4.75. The van der Waals surface area contributed by atoms with E-state index in [1.165, 1.54) is 24.5 Å². The van der Waals surface area contributed by atoms with Gasteiger partial charge in [-0.2, -0.15) is 0 Å². The van der Waals surface area contributed by atoms with Crippen LogP contribution in [0.25, 0.3) is 11.1 Å². The van der Waals surface area contributed by atoms with E-state index in [9.17, 15) is 4.39 Å². The quantitative estimate of drug-likeness (QED) is 0.723. The van der Waals surface area contributed by atoms with Gasteiger partial charge in [-0.25, -0.2) is 4.39 Å². The molecule has 0 aliphatic heterocycles. The van der Waals surface area contributed by atoms with Crippen molar-refractivity contribution in [3.63, 3.8) is 0 Å². The summed E-state index contributed by atoms with van der Waals surface area (Å²) in [6, 6.07) is 7.75. The van der Waals surface area contributed by atoms with Gasteiger partial charge in [0.25, 0.3) is 0 Å². The molecule has 0 bridgehead atoms. The van der Waals surface area contributed by atoms with E-state index in [0.29, 0.717) is 5.56 Å². The third-order valence-corrected chi connectivity index (χ3v) is 2.30. The molecule has 0 spiro atoms. The highest BCUT2D eigenvalue weighted by molar-refractivity contribution is 6.60. The molecule has 0 saturated carbocycles. The van der Waals surface area contributed by atoms with E-state index in [2.05, 4.69) is 4.98 Å². The molecule has 0 amide bonds. The van der Waals surface area contributed by atoms with Gasteiger partial charge < -0.3 is 10.0 Å². The Labute approximate surface area is 92.4 Å². The second-order valence-corrected chi connectivity index (χ2v) is 3.32. The predicted octanol–water partition coefficient (Wildman–Crippen LogP) is 0.567. The third-order valence-electron chi connectivity index (χ3n) is 2.30. The lowest BCUT2D eigenvalue weighted by Crippen LogP contribution is -2.31. The number of pyridine rings is 1. The van der Waals surface area contributed by atoms with Crippen molar-refractivity contribution in [2.24, 2.45) is 0 Å². The minimum absolute atomic E-state index is 0.256. The molecule has 2 rings (SSSR count). The molecule has 3 nitrogen and oxygen atoms in total. The van der Waals surface area contributed by atoms with Crippen molar-refractivity contribution in [3.8, 4) is 11.1 Å². The lowest BCUT2D eigenvalue weighted by Gasteiger charge is -2.08. The minimum Gasteiger partial charge on any atom is -0.423 e.